The standard InChI is InChI=1S/C17H19N3/c1-2-3-5-8-14-11-12-15-17(19-20-18-15)16(14)13-9-6-4-7-10-13/h4,6-7,9-12H,2-3,5,8H2,1H3,(H,18,19,20). The molecular formula is C17H19N3. The van der Waals surface area contributed by atoms with Gasteiger partial charge in [0, 0.05) is 5.56 Å². The van der Waals surface area contributed by atoms with E-state index in [1.165, 1.54) is 36.0 Å². The van der Waals surface area contributed by atoms with Crippen LogP contribution in [0.5, 0.6) is 0 Å². The third-order valence-corrected chi connectivity index (χ3v) is 3.69. The Kier molecular flexibility index (Phi) is 3.77. The van der Waals surface area contributed by atoms with Gasteiger partial charge in [0.05, 0.1) is 0 Å². The SMILES string of the molecule is CCCCCc1ccc2n[nH]nc2c1-c1ccccc1. The number of rotatable bonds is 5. The molecule has 0 saturated carbocycles. The van der Waals surface area contributed by atoms with Crippen molar-refractivity contribution in [3.63, 3.8) is 0 Å². The van der Waals surface area contributed by atoms with Crippen molar-refractivity contribution in [1.82, 2.24) is 15.4 Å². The Labute approximate surface area is 119 Å². The van der Waals surface area contributed by atoms with Gasteiger partial charge in [0.25, 0.3) is 0 Å². The predicted molar refractivity (Wildman–Crippen MR) is 82.6 cm³/mol. The van der Waals surface area contributed by atoms with E-state index in [0.717, 1.165) is 17.5 Å². The van der Waals surface area contributed by atoms with E-state index >= 15 is 0 Å². The molecule has 3 nitrogen and oxygen atoms in total. The first-order chi connectivity index (χ1) is 9.90. The molecule has 1 heterocycles. The zero-order chi connectivity index (χ0) is 13.8. The molecule has 1 N–H and O–H groups in total. The summed E-state index contributed by atoms with van der Waals surface area (Å²) in [6, 6.07) is 14.7. The van der Waals surface area contributed by atoms with Crippen molar-refractivity contribution in [1.29, 1.82) is 0 Å². The minimum Gasteiger partial charge on any atom is -0.197 e. The molecule has 3 rings (SSSR count). The topological polar surface area (TPSA) is 41.6 Å². The summed E-state index contributed by atoms with van der Waals surface area (Å²) in [7, 11) is 0. The minimum atomic E-state index is 0.933. The number of fused-ring (bicyclic) bond motifs is 1. The number of hydrogen-bond acceptors (Lipinski definition) is 2. The van der Waals surface area contributed by atoms with Gasteiger partial charge in [-0.3, -0.25) is 0 Å². The van der Waals surface area contributed by atoms with Gasteiger partial charge in [-0.05, 0) is 30.0 Å². The van der Waals surface area contributed by atoms with Crippen LogP contribution < -0.4 is 0 Å². The second kappa shape index (κ2) is 5.87. The number of unbranched alkanes of at least 4 members (excludes halogenated alkanes) is 2. The number of aromatic nitrogens is 3. The number of nitrogens with zero attached hydrogens (tertiary/aromatic N) is 2. The lowest BCUT2D eigenvalue weighted by Crippen LogP contribution is -1.92. The van der Waals surface area contributed by atoms with Gasteiger partial charge in [-0.15, -0.1) is 0 Å². The molecule has 0 amide bonds. The van der Waals surface area contributed by atoms with E-state index in [-0.39, 0.29) is 0 Å². The molecule has 3 heteroatoms. The zero-order valence-electron chi connectivity index (χ0n) is 11.8. The van der Waals surface area contributed by atoms with Gasteiger partial charge in [0.1, 0.15) is 11.0 Å². The summed E-state index contributed by atoms with van der Waals surface area (Å²) in [5.74, 6) is 0. The van der Waals surface area contributed by atoms with Gasteiger partial charge < -0.3 is 0 Å². The van der Waals surface area contributed by atoms with E-state index < -0.39 is 0 Å². The van der Waals surface area contributed by atoms with Crippen molar-refractivity contribution in [3.8, 4) is 11.1 Å². The lowest BCUT2D eigenvalue weighted by atomic mass is 9.94. The van der Waals surface area contributed by atoms with Crippen LogP contribution in [0.25, 0.3) is 22.2 Å². The Morgan fingerprint density at radius 3 is 2.60 bits per heavy atom. The van der Waals surface area contributed by atoms with Crippen molar-refractivity contribution < 1.29 is 0 Å². The monoisotopic (exact) mass is 265 g/mol. The Morgan fingerprint density at radius 1 is 0.950 bits per heavy atom. The first-order valence-corrected chi connectivity index (χ1v) is 7.28. The number of aromatic amines is 1. The molecule has 0 bridgehead atoms. The second-order valence-corrected chi connectivity index (χ2v) is 5.11. The molecule has 102 valence electrons. The third kappa shape index (κ3) is 2.44. The molecule has 1 aromatic heterocycles. The summed E-state index contributed by atoms with van der Waals surface area (Å²) in [4.78, 5) is 0. The molecule has 0 unspecified atom stereocenters. The molecule has 3 aromatic rings. The van der Waals surface area contributed by atoms with Crippen LogP contribution in [0.4, 0.5) is 0 Å². The van der Waals surface area contributed by atoms with E-state index in [1.54, 1.807) is 0 Å². The summed E-state index contributed by atoms with van der Waals surface area (Å²) in [6.07, 6.45) is 4.83. The van der Waals surface area contributed by atoms with Gasteiger partial charge in [-0.25, -0.2) is 0 Å². The number of hydrogen-bond donors (Lipinski definition) is 1. The molecular weight excluding hydrogens is 246 g/mol. The van der Waals surface area contributed by atoms with Gasteiger partial charge in [0.15, 0.2) is 0 Å². The minimum absolute atomic E-state index is 0.933. The van der Waals surface area contributed by atoms with Crippen LogP contribution >= 0.6 is 0 Å². The molecule has 0 spiro atoms. The highest BCUT2D eigenvalue weighted by Crippen LogP contribution is 2.31. The highest BCUT2D eigenvalue weighted by atomic mass is 15.3. The van der Waals surface area contributed by atoms with Crippen LogP contribution in [0.2, 0.25) is 0 Å². The normalized spacial score (nSPS) is 11.1. The Balaban J connectivity index is 2.09. The zero-order valence-corrected chi connectivity index (χ0v) is 11.8. The number of H-pyrrole nitrogens is 1. The van der Waals surface area contributed by atoms with Crippen LogP contribution in [-0.2, 0) is 6.42 Å². The van der Waals surface area contributed by atoms with Crippen molar-refractivity contribution in [2.24, 2.45) is 0 Å². The van der Waals surface area contributed by atoms with Crippen LogP contribution in [0.1, 0.15) is 31.7 Å². The highest BCUT2D eigenvalue weighted by molar-refractivity contribution is 5.93. The van der Waals surface area contributed by atoms with E-state index in [4.69, 9.17) is 0 Å². The third-order valence-electron chi connectivity index (χ3n) is 3.69. The Morgan fingerprint density at radius 2 is 1.80 bits per heavy atom. The maximum absolute atomic E-state index is 4.35. The fourth-order valence-corrected chi connectivity index (χ4v) is 2.65. The maximum Gasteiger partial charge on any atom is 0.121 e. The average Bonchev–Trinajstić information content (AvgIpc) is 2.96. The molecule has 0 atom stereocenters. The number of nitrogens with one attached hydrogen (secondary N) is 1. The molecule has 0 aliphatic rings. The molecule has 0 fully saturated rings. The lowest BCUT2D eigenvalue weighted by Gasteiger charge is -2.10. The summed E-state index contributed by atoms with van der Waals surface area (Å²) in [5.41, 5.74) is 5.73. The number of benzene rings is 2. The van der Waals surface area contributed by atoms with Crippen LogP contribution in [0, 0.1) is 0 Å². The average molecular weight is 265 g/mol. The van der Waals surface area contributed by atoms with E-state index in [2.05, 4.69) is 58.7 Å². The van der Waals surface area contributed by atoms with Crippen molar-refractivity contribution in [2.45, 2.75) is 32.6 Å². The molecule has 2 aromatic carbocycles. The summed E-state index contributed by atoms with van der Waals surface area (Å²) in [6.45, 7) is 2.24. The quantitative estimate of drug-likeness (QED) is 0.696. The Hall–Kier alpha value is -2.16. The summed E-state index contributed by atoms with van der Waals surface area (Å²) >= 11 is 0. The first kappa shape index (κ1) is 12.9. The smallest absolute Gasteiger partial charge is 0.121 e. The van der Waals surface area contributed by atoms with Crippen molar-refractivity contribution in [3.05, 3.63) is 48.0 Å². The van der Waals surface area contributed by atoms with E-state index in [1.807, 2.05) is 6.07 Å². The fourth-order valence-electron chi connectivity index (χ4n) is 2.65. The summed E-state index contributed by atoms with van der Waals surface area (Å²) in [5, 5.41) is 11.3. The summed E-state index contributed by atoms with van der Waals surface area (Å²) < 4.78 is 0. The molecule has 0 aliphatic heterocycles. The van der Waals surface area contributed by atoms with Crippen LogP contribution in [0.15, 0.2) is 42.5 Å². The van der Waals surface area contributed by atoms with Crippen molar-refractivity contribution in [2.75, 3.05) is 0 Å². The van der Waals surface area contributed by atoms with E-state index in [9.17, 15) is 0 Å². The molecule has 0 aliphatic carbocycles. The first-order valence-electron chi connectivity index (χ1n) is 7.28. The van der Waals surface area contributed by atoms with Crippen LogP contribution in [0.3, 0.4) is 0 Å². The molecule has 0 saturated heterocycles. The highest BCUT2D eigenvalue weighted by Gasteiger charge is 2.12. The molecule has 20 heavy (non-hydrogen) atoms. The lowest BCUT2D eigenvalue weighted by molar-refractivity contribution is 0.718. The number of aryl methyl sites for hydroxylation is 1. The maximum atomic E-state index is 4.35. The van der Waals surface area contributed by atoms with Gasteiger partial charge in [-0.2, -0.15) is 15.4 Å². The van der Waals surface area contributed by atoms with Gasteiger partial charge >= 0.3 is 0 Å². The van der Waals surface area contributed by atoms with E-state index in [0.29, 0.717) is 0 Å². The van der Waals surface area contributed by atoms with Crippen molar-refractivity contribution >= 4 is 11.0 Å². The predicted octanol–water partition coefficient (Wildman–Crippen LogP) is 4.36. The fraction of sp³-hybridized carbons (Fsp3) is 0.294. The van der Waals surface area contributed by atoms with Gasteiger partial charge in [0.2, 0.25) is 0 Å². The second-order valence-electron chi connectivity index (χ2n) is 5.11. The van der Waals surface area contributed by atoms with Gasteiger partial charge in [-0.1, -0.05) is 56.2 Å². The Bertz CT molecular complexity index is 686. The van der Waals surface area contributed by atoms with Crippen LogP contribution in [-0.4, -0.2) is 15.4 Å². The largest absolute Gasteiger partial charge is 0.197 e. The molecule has 0 radical (unpaired) electrons.